The van der Waals surface area contributed by atoms with E-state index in [4.69, 9.17) is 23.7 Å². The van der Waals surface area contributed by atoms with Gasteiger partial charge in [-0.1, -0.05) is 54.6 Å². The molecular formula is C42H42O8. The van der Waals surface area contributed by atoms with Crippen LogP contribution in [-0.2, 0) is 11.2 Å². The number of carboxylic acids is 1. The fraction of sp³-hybridized carbons (Fsp3) is 0.238. The second kappa shape index (κ2) is 16.6. The minimum absolute atomic E-state index is 0.0823. The summed E-state index contributed by atoms with van der Waals surface area (Å²) in [6, 6.07) is 33.0. The molecule has 8 nitrogen and oxygen atoms in total. The van der Waals surface area contributed by atoms with E-state index in [0.29, 0.717) is 46.3 Å². The smallest absolute Gasteiger partial charge is 0.339 e. The predicted octanol–water partition coefficient (Wildman–Crippen LogP) is 9.49. The molecule has 50 heavy (non-hydrogen) atoms. The topological polar surface area (TPSA) is 101 Å². The summed E-state index contributed by atoms with van der Waals surface area (Å²) in [7, 11) is 3.18. The van der Waals surface area contributed by atoms with Gasteiger partial charge >= 0.3 is 11.9 Å². The number of ether oxygens (including phenoxy) is 5. The number of rotatable bonds is 15. The minimum atomic E-state index is -1.07. The van der Waals surface area contributed by atoms with Crippen LogP contribution in [0.5, 0.6) is 28.7 Å². The van der Waals surface area contributed by atoms with Crippen LogP contribution in [-0.4, -0.2) is 37.4 Å². The normalized spacial score (nSPS) is 12.0. The van der Waals surface area contributed by atoms with E-state index in [0.717, 1.165) is 29.5 Å². The van der Waals surface area contributed by atoms with Crippen molar-refractivity contribution in [1.29, 1.82) is 0 Å². The lowest BCUT2D eigenvalue weighted by atomic mass is 9.96. The maximum Gasteiger partial charge on any atom is 0.339 e. The van der Waals surface area contributed by atoms with Crippen molar-refractivity contribution in [3.63, 3.8) is 0 Å². The van der Waals surface area contributed by atoms with Gasteiger partial charge in [0.2, 0.25) is 0 Å². The molecule has 8 heteroatoms. The summed E-state index contributed by atoms with van der Waals surface area (Å²) >= 11 is 0. The number of carbonyl (C=O) groups excluding carboxylic acids is 1. The second-order valence-electron chi connectivity index (χ2n) is 12.0. The quantitative estimate of drug-likeness (QED) is 0.110. The highest BCUT2D eigenvalue weighted by Crippen LogP contribution is 2.38. The fourth-order valence-electron chi connectivity index (χ4n) is 5.78. The Morgan fingerprint density at radius 3 is 1.92 bits per heavy atom. The van der Waals surface area contributed by atoms with Crippen molar-refractivity contribution in [2.45, 2.75) is 52.2 Å². The number of aryl methyl sites for hydroxylation is 2. The van der Waals surface area contributed by atoms with Gasteiger partial charge in [0.1, 0.15) is 40.4 Å². The van der Waals surface area contributed by atoms with Crippen molar-refractivity contribution in [3.8, 4) is 28.7 Å². The van der Waals surface area contributed by atoms with E-state index in [1.165, 1.54) is 5.56 Å². The highest BCUT2D eigenvalue weighted by molar-refractivity contribution is 5.92. The largest absolute Gasteiger partial charge is 0.496 e. The first-order valence-corrected chi connectivity index (χ1v) is 16.5. The summed E-state index contributed by atoms with van der Waals surface area (Å²) in [6.45, 7) is 5.64. The molecule has 0 saturated heterocycles. The zero-order valence-corrected chi connectivity index (χ0v) is 29.0. The van der Waals surface area contributed by atoms with Gasteiger partial charge in [0.15, 0.2) is 6.10 Å². The van der Waals surface area contributed by atoms with E-state index in [9.17, 15) is 14.7 Å². The molecule has 5 rings (SSSR count). The summed E-state index contributed by atoms with van der Waals surface area (Å²) < 4.78 is 30.5. The minimum Gasteiger partial charge on any atom is -0.496 e. The Morgan fingerprint density at radius 2 is 1.32 bits per heavy atom. The lowest BCUT2D eigenvalue weighted by Gasteiger charge is -2.29. The molecule has 5 aromatic carbocycles. The van der Waals surface area contributed by atoms with Crippen molar-refractivity contribution in [2.75, 3.05) is 14.2 Å². The number of esters is 1. The third-order valence-electron chi connectivity index (χ3n) is 8.72. The number of hydrogen-bond acceptors (Lipinski definition) is 7. The van der Waals surface area contributed by atoms with Crippen LogP contribution in [0.2, 0.25) is 0 Å². The first-order chi connectivity index (χ1) is 24.2. The van der Waals surface area contributed by atoms with Crippen LogP contribution in [0, 0.1) is 20.8 Å². The van der Waals surface area contributed by atoms with Crippen LogP contribution in [0.4, 0.5) is 0 Å². The molecule has 0 aliphatic rings. The van der Waals surface area contributed by atoms with Gasteiger partial charge in [0.05, 0.1) is 19.8 Å². The average Bonchev–Trinajstić information content (AvgIpc) is 3.13. The Hall–Kier alpha value is -5.76. The van der Waals surface area contributed by atoms with Crippen LogP contribution in [0.15, 0.2) is 109 Å². The van der Waals surface area contributed by atoms with Gasteiger partial charge in [-0.05, 0) is 111 Å². The average molecular weight is 675 g/mol. The fourth-order valence-corrected chi connectivity index (χ4v) is 5.78. The number of methoxy groups -OCH3 is 2. The molecule has 0 saturated carbocycles. The van der Waals surface area contributed by atoms with Crippen LogP contribution >= 0.6 is 0 Å². The maximum absolute atomic E-state index is 13.6. The monoisotopic (exact) mass is 674 g/mol. The van der Waals surface area contributed by atoms with Crippen molar-refractivity contribution < 1.29 is 38.4 Å². The standard InChI is InChI=1S/C42H42O8/c1-27-19-24-35(41(43)44)39(28(27)2)49-34-22-20-33(21-23-34)48-36(18-12-15-30-13-8-6-9-14-30)40(50-42(45)31-16-10-7-11-17-31)32-25-37(46-4)29(3)38(26-32)47-5/h6-11,13-14,16-17,19-26,36,40H,12,15,18H2,1-5H3,(H,43,44)/t36-,40-/m0/s1. The summed E-state index contributed by atoms with van der Waals surface area (Å²) in [4.78, 5) is 25.5. The summed E-state index contributed by atoms with van der Waals surface area (Å²) in [5, 5.41) is 9.76. The van der Waals surface area contributed by atoms with Gasteiger partial charge in [0, 0.05) is 11.1 Å². The Balaban J connectivity index is 1.50. The summed E-state index contributed by atoms with van der Waals surface area (Å²) in [5.74, 6) is 0.899. The summed E-state index contributed by atoms with van der Waals surface area (Å²) in [6.07, 6.45) is 0.636. The molecule has 0 radical (unpaired) electrons. The number of benzene rings is 5. The number of carbonyl (C=O) groups is 2. The predicted molar refractivity (Wildman–Crippen MR) is 192 cm³/mol. The van der Waals surface area contributed by atoms with E-state index >= 15 is 0 Å². The second-order valence-corrected chi connectivity index (χ2v) is 12.0. The van der Waals surface area contributed by atoms with E-state index < -0.39 is 24.1 Å². The van der Waals surface area contributed by atoms with Gasteiger partial charge < -0.3 is 28.8 Å². The third kappa shape index (κ3) is 8.63. The lowest BCUT2D eigenvalue weighted by Crippen LogP contribution is -2.30. The number of carboxylic acid groups (broad SMARTS) is 1. The molecular weight excluding hydrogens is 632 g/mol. The SMILES string of the molecule is COc1cc([C@H](OC(=O)c2ccccc2)[C@H](CCCc2ccccc2)Oc2ccc(Oc3c(C(=O)O)ccc(C)c3C)cc2)cc(OC)c1C. The molecule has 0 fully saturated rings. The zero-order chi connectivity index (χ0) is 35.6. The van der Waals surface area contributed by atoms with Crippen LogP contribution in [0.3, 0.4) is 0 Å². The Morgan fingerprint density at radius 1 is 0.720 bits per heavy atom. The lowest BCUT2D eigenvalue weighted by molar-refractivity contribution is -0.0139. The van der Waals surface area contributed by atoms with Gasteiger partial charge in [-0.3, -0.25) is 0 Å². The van der Waals surface area contributed by atoms with Crippen molar-refractivity contribution in [3.05, 3.63) is 148 Å². The Bertz CT molecular complexity index is 1880. The molecule has 2 atom stereocenters. The van der Waals surface area contributed by atoms with E-state index in [2.05, 4.69) is 12.1 Å². The van der Waals surface area contributed by atoms with E-state index in [1.54, 1.807) is 74.9 Å². The van der Waals surface area contributed by atoms with Crippen molar-refractivity contribution in [2.24, 2.45) is 0 Å². The van der Waals surface area contributed by atoms with Crippen LogP contribution < -0.4 is 18.9 Å². The molecule has 0 spiro atoms. The molecule has 0 aromatic heterocycles. The molecule has 0 unspecified atom stereocenters. The van der Waals surface area contributed by atoms with Gasteiger partial charge in [-0.2, -0.15) is 0 Å². The number of aromatic carboxylic acids is 1. The van der Waals surface area contributed by atoms with Gasteiger partial charge in [-0.15, -0.1) is 0 Å². The molecule has 258 valence electrons. The third-order valence-corrected chi connectivity index (χ3v) is 8.72. The first kappa shape index (κ1) is 35.5. The van der Waals surface area contributed by atoms with Crippen LogP contribution in [0.25, 0.3) is 0 Å². The first-order valence-electron chi connectivity index (χ1n) is 16.5. The molecule has 0 heterocycles. The maximum atomic E-state index is 13.6. The molecule has 1 N–H and O–H groups in total. The van der Waals surface area contributed by atoms with E-state index in [1.807, 2.05) is 57.2 Å². The number of hydrogen-bond donors (Lipinski definition) is 1. The van der Waals surface area contributed by atoms with Gasteiger partial charge in [0.25, 0.3) is 0 Å². The zero-order valence-electron chi connectivity index (χ0n) is 29.0. The van der Waals surface area contributed by atoms with Crippen molar-refractivity contribution in [1.82, 2.24) is 0 Å². The highest BCUT2D eigenvalue weighted by atomic mass is 16.6. The molecule has 0 aliphatic heterocycles. The summed E-state index contributed by atoms with van der Waals surface area (Å²) in [5.41, 5.74) is 4.84. The molecule has 0 bridgehead atoms. The van der Waals surface area contributed by atoms with Crippen molar-refractivity contribution >= 4 is 11.9 Å². The van der Waals surface area contributed by atoms with E-state index in [-0.39, 0.29) is 5.56 Å². The molecule has 0 aliphatic carbocycles. The van der Waals surface area contributed by atoms with Gasteiger partial charge in [-0.25, -0.2) is 9.59 Å². The molecule has 0 amide bonds. The Kier molecular flexibility index (Phi) is 11.8. The highest BCUT2D eigenvalue weighted by Gasteiger charge is 2.31. The molecule has 5 aromatic rings. The Labute approximate surface area is 293 Å². The van der Waals surface area contributed by atoms with Crippen LogP contribution in [0.1, 0.15) is 67.5 Å².